The van der Waals surface area contributed by atoms with Gasteiger partial charge in [-0.3, -0.25) is 4.79 Å². The summed E-state index contributed by atoms with van der Waals surface area (Å²) in [5.41, 5.74) is 0.851. The molecule has 3 aromatic rings. The van der Waals surface area contributed by atoms with Gasteiger partial charge in [-0.1, -0.05) is 41.9 Å². The van der Waals surface area contributed by atoms with Crippen molar-refractivity contribution in [1.82, 2.24) is 5.32 Å². The minimum Gasteiger partial charge on any atom is -0.455 e. The van der Waals surface area contributed by atoms with E-state index in [1.807, 2.05) is 6.07 Å². The lowest BCUT2D eigenvalue weighted by Crippen LogP contribution is -2.22. The SMILES string of the molecule is O=C(NCc1cccc(Cl)c1)c1ccc(CS(=O)(=O)c2ccccc2)o1. The lowest BCUT2D eigenvalue weighted by Gasteiger charge is -2.04. The molecule has 0 aliphatic carbocycles. The number of carbonyl (C=O) groups excluding carboxylic acids is 1. The Balaban J connectivity index is 1.65. The van der Waals surface area contributed by atoms with Gasteiger partial charge in [-0.05, 0) is 42.0 Å². The van der Waals surface area contributed by atoms with Crippen LogP contribution < -0.4 is 5.32 Å². The average Bonchev–Trinajstić information content (AvgIpc) is 3.08. The van der Waals surface area contributed by atoms with Crippen molar-refractivity contribution in [2.45, 2.75) is 17.2 Å². The van der Waals surface area contributed by atoms with Crippen molar-refractivity contribution in [3.63, 3.8) is 0 Å². The number of carbonyl (C=O) groups is 1. The number of nitrogens with one attached hydrogen (secondary N) is 1. The molecule has 3 rings (SSSR count). The first kappa shape index (κ1) is 18.2. The summed E-state index contributed by atoms with van der Waals surface area (Å²) >= 11 is 5.90. The van der Waals surface area contributed by atoms with Gasteiger partial charge in [0.15, 0.2) is 15.6 Å². The lowest BCUT2D eigenvalue weighted by molar-refractivity contribution is 0.0921. The molecule has 134 valence electrons. The van der Waals surface area contributed by atoms with Crippen molar-refractivity contribution in [3.8, 4) is 0 Å². The number of hydrogen-bond acceptors (Lipinski definition) is 4. The summed E-state index contributed by atoms with van der Waals surface area (Å²) in [6.07, 6.45) is 0. The minimum atomic E-state index is -3.53. The average molecular weight is 390 g/mol. The van der Waals surface area contributed by atoms with Crippen molar-refractivity contribution < 1.29 is 17.6 Å². The van der Waals surface area contributed by atoms with Gasteiger partial charge >= 0.3 is 0 Å². The summed E-state index contributed by atoms with van der Waals surface area (Å²) in [5.74, 6) is -0.459. The molecule has 0 unspecified atom stereocenters. The number of amides is 1. The first-order valence-corrected chi connectivity index (χ1v) is 9.86. The van der Waals surface area contributed by atoms with Crippen LogP contribution in [0.25, 0.3) is 0 Å². The Kier molecular flexibility index (Phi) is 5.44. The van der Waals surface area contributed by atoms with Crippen LogP contribution in [0.15, 0.2) is 76.0 Å². The Morgan fingerprint density at radius 1 is 1.00 bits per heavy atom. The Labute approximate surface area is 156 Å². The molecular weight excluding hydrogens is 374 g/mol. The van der Waals surface area contributed by atoms with Crippen LogP contribution in [0.4, 0.5) is 0 Å². The number of hydrogen-bond donors (Lipinski definition) is 1. The number of furan rings is 1. The van der Waals surface area contributed by atoms with Crippen molar-refractivity contribution in [2.75, 3.05) is 0 Å². The lowest BCUT2D eigenvalue weighted by atomic mass is 10.2. The molecule has 0 fully saturated rings. The van der Waals surface area contributed by atoms with Crippen molar-refractivity contribution >= 4 is 27.3 Å². The van der Waals surface area contributed by atoms with Crippen molar-refractivity contribution in [3.05, 3.63) is 88.8 Å². The van der Waals surface area contributed by atoms with E-state index in [0.29, 0.717) is 5.02 Å². The zero-order chi connectivity index (χ0) is 18.6. The van der Waals surface area contributed by atoms with E-state index >= 15 is 0 Å². The Hall–Kier alpha value is -2.57. The molecule has 1 aromatic heterocycles. The molecule has 0 atom stereocenters. The fourth-order valence-electron chi connectivity index (χ4n) is 2.39. The van der Waals surface area contributed by atoms with Crippen LogP contribution in [-0.2, 0) is 22.1 Å². The summed E-state index contributed by atoms with van der Waals surface area (Å²) in [7, 11) is -3.53. The summed E-state index contributed by atoms with van der Waals surface area (Å²) in [6.45, 7) is 0.289. The van der Waals surface area contributed by atoms with Crippen LogP contribution in [0.2, 0.25) is 5.02 Å². The van der Waals surface area contributed by atoms with Gasteiger partial charge in [0.25, 0.3) is 5.91 Å². The first-order chi connectivity index (χ1) is 12.4. The Bertz CT molecular complexity index is 1010. The van der Waals surface area contributed by atoms with Crippen LogP contribution in [-0.4, -0.2) is 14.3 Å². The van der Waals surface area contributed by atoms with E-state index in [9.17, 15) is 13.2 Å². The molecule has 0 saturated heterocycles. The highest BCUT2D eigenvalue weighted by atomic mass is 35.5. The number of halogens is 1. The molecule has 0 bridgehead atoms. The molecule has 0 radical (unpaired) electrons. The zero-order valence-electron chi connectivity index (χ0n) is 13.7. The van der Waals surface area contributed by atoms with E-state index < -0.39 is 15.7 Å². The summed E-state index contributed by atoms with van der Waals surface area (Å²) in [4.78, 5) is 12.4. The van der Waals surface area contributed by atoms with Gasteiger partial charge in [-0.15, -0.1) is 0 Å². The van der Waals surface area contributed by atoms with Gasteiger partial charge in [-0.2, -0.15) is 0 Å². The largest absolute Gasteiger partial charge is 0.455 e. The van der Waals surface area contributed by atoms with Crippen molar-refractivity contribution in [2.24, 2.45) is 0 Å². The molecule has 2 aromatic carbocycles. The maximum Gasteiger partial charge on any atom is 0.287 e. The monoisotopic (exact) mass is 389 g/mol. The van der Waals surface area contributed by atoms with E-state index in [2.05, 4.69) is 5.32 Å². The molecule has 26 heavy (non-hydrogen) atoms. The number of benzene rings is 2. The third-order valence-electron chi connectivity index (χ3n) is 3.66. The van der Waals surface area contributed by atoms with Crippen LogP contribution >= 0.6 is 11.6 Å². The molecule has 1 N–H and O–H groups in total. The summed E-state index contributed by atoms with van der Waals surface area (Å²) in [6, 6.07) is 18.2. The van der Waals surface area contributed by atoms with Gasteiger partial charge in [0, 0.05) is 11.6 Å². The molecule has 1 heterocycles. The van der Waals surface area contributed by atoms with Crippen LogP contribution in [0, 0.1) is 0 Å². The smallest absolute Gasteiger partial charge is 0.287 e. The topological polar surface area (TPSA) is 76.4 Å². The number of rotatable bonds is 6. The highest BCUT2D eigenvalue weighted by Crippen LogP contribution is 2.18. The van der Waals surface area contributed by atoms with Crippen molar-refractivity contribution in [1.29, 1.82) is 0 Å². The van der Waals surface area contributed by atoms with Crippen LogP contribution in [0.3, 0.4) is 0 Å². The predicted molar refractivity (Wildman–Crippen MR) is 98.7 cm³/mol. The zero-order valence-corrected chi connectivity index (χ0v) is 15.3. The van der Waals surface area contributed by atoms with E-state index in [1.165, 1.54) is 24.3 Å². The quantitative estimate of drug-likeness (QED) is 0.695. The number of sulfone groups is 1. The maximum atomic E-state index is 12.4. The molecule has 1 amide bonds. The standard InChI is InChI=1S/C19H16ClNO4S/c20-15-6-4-5-14(11-15)12-21-19(22)18-10-9-16(25-18)13-26(23,24)17-7-2-1-3-8-17/h1-11H,12-13H2,(H,21,22). The molecule has 0 saturated carbocycles. The predicted octanol–water partition coefficient (Wildman–Crippen LogP) is 3.84. The molecule has 5 nitrogen and oxygen atoms in total. The van der Waals surface area contributed by atoms with Gasteiger partial charge < -0.3 is 9.73 Å². The van der Waals surface area contributed by atoms with Gasteiger partial charge in [0.05, 0.1) is 4.90 Å². The normalized spacial score (nSPS) is 11.3. The molecule has 0 spiro atoms. The summed E-state index contributed by atoms with van der Waals surface area (Å²) < 4.78 is 30.1. The van der Waals surface area contributed by atoms with Crippen LogP contribution in [0.1, 0.15) is 21.9 Å². The molecule has 0 aliphatic heterocycles. The second-order valence-electron chi connectivity index (χ2n) is 5.65. The second-order valence-corrected chi connectivity index (χ2v) is 8.08. The molecular formula is C19H16ClNO4S. The molecule has 7 heteroatoms. The Morgan fingerprint density at radius 2 is 1.77 bits per heavy atom. The second kappa shape index (κ2) is 7.76. The minimum absolute atomic E-state index is 0.0605. The third-order valence-corrected chi connectivity index (χ3v) is 5.55. The highest BCUT2D eigenvalue weighted by Gasteiger charge is 2.19. The van der Waals surface area contributed by atoms with E-state index in [1.54, 1.807) is 36.4 Å². The van der Waals surface area contributed by atoms with E-state index in [-0.39, 0.29) is 28.7 Å². The Morgan fingerprint density at radius 3 is 2.50 bits per heavy atom. The van der Waals surface area contributed by atoms with E-state index in [4.69, 9.17) is 16.0 Å². The van der Waals surface area contributed by atoms with Gasteiger partial charge in [0.1, 0.15) is 11.5 Å². The van der Waals surface area contributed by atoms with Gasteiger partial charge in [-0.25, -0.2) is 8.42 Å². The highest BCUT2D eigenvalue weighted by molar-refractivity contribution is 7.90. The fraction of sp³-hybridized carbons (Fsp3) is 0.105. The summed E-state index contributed by atoms with van der Waals surface area (Å²) in [5, 5.41) is 3.30. The van der Waals surface area contributed by atoms with Crippen LogP contribution in [0.5, 0.6) is 0 Å². The molecule has 0 aliphatic rings. The maximum absolute atomic E-state index is 12.4. The van der Waals surface area contributed by atoms with Gasteiger partial charge in [0.2, 0.25) is 0 Å². The first-order valence-electron chi connectivity index (χ1n) is 7.83. The third kappa shape index (κ3) is 4.53. The van der Waals surface area contributed by atoms with E-state index in [0.717, 1.165) is 5.56 Å². The fourth-order valence-corrected chi connectivity index (χ4v) is 3.87.